The number of amides is 1. The van der Waals surface area contributed by atoms with Crippen LogP contribution in [0.2, 0.25) is 0 Å². The third-order valence-corrected chi connectivity index (χ3v) is 4.67. The Morgan fingerprint density at radius 1 is 1.09 bits per heavy atom. The van der Waals surface area contributed by atoms with E-state index in [9.17, 15) is 9.59 Å². The number of hydrogen-bond acceptors (Lipinski definition) is 8. The molecule has 168 valence electrons. The van der Waals surface area contributed by atoms with Gasteiger partial charge in [0, 0.05) is 17.7 Å². The number of carbonyl (C=O) groups is 1. The smallest absolute Gasteiger partial charge is 0.254 e. The molecule has 0 unspecified atom stereocenters. The third-order valence-electron chi connectivity index (χ3n) is 4.67. The summed E-state index contributed by atoms with van der Waals surface area (Å²) in [6.07, 6.45) is 2.91. The normalized spacial score (nSPS) is 10.6. The average molecular weight is 447 g/mol. The molecule has 10 nitrogen and oxygen atoms in total. The van der Waals surface area contributed by atoms with Crippen LogP contribution in [-0.4, -0.2) is 45.9 Å². The van der Waals surface area contributed by atoms with Crippen molar-refractivity contribution in [3.63, 3.8) is 0 Å². The highest BCUT2D eigenvalue weighted by atomic mass is 16.5. The van der Waals surface area contributed by atoms with Gasteiger partial charge in [-0.05, 0) is 42.5 Å². The Hall–Kier alpha value is -4.47. The molecule has 4 rings (SSSR count). The van der Waals surface area contributed by atoms with Crippen LogP contribution in [0.1, 0.15) is 0 Å². The summed E-state index contributed by atoms with van der Waals surface area (Å²) in [4.78, 5) is 28.8. The molecule has 0 aliphatic heterocycles. The molecule has 33 heavy (non-hydrogen) atoms. The van der Waals surface area contributed by atoms with Crippen molar-refractivity contribution in [3.05, 3.63) is 77.5 Å². The molecule has 0 aliphatic carbocycles. The Morgan fingerprint density at radius 2 is 1.94 bits per heavy atom. The highest BCUT2D eigenvalue weighted by Gasteiger charge is 2.08. The molecule has 0 aliphatic rings. The van der Waals surface area contributed by atoms with E-state index in [1.807, 2.05) is 12.1 Å². The van der Waals surface area contributed by atoms with Crippen LogP contribution in [0.5, 0.6) is 11.6 Å². The second kappa shape index (κ2) is 10.2. The van der Waals surface area contributed by atoms with E-state index in [2.05, 4.69) is 20.5 Å². The van der Waals surface area contributed by atoms with E-state index in [4.69, 9.17) is 13.9 Å². The van der Waals surface area contributed by atoms with E-state index in [1.165, 1.54) is 17.0 Å². The lowest BCUT2D eigenvalue weighted by Gasteiger charge is -2.09. The van der Waals surface area contributed by atoms with E-state index in [0.29, 0.717) is 28.8 Å². The Bertz CT molecular complexity index is 1250. The van der Waals surface area contributed by atoms with Crippen molar-refractivity contribution >= 4 is 5.91 Å². The standard InChI is InChI=1S/C23H21N5O5/c1-31-17-6-4-16(5-7-17)19-13-23(30)28(15-25-19)14-21(29)24-10-12-33-22-9-8-18(26-27-22)20-3-2-11-32-20/h2-9,11,13,15H,10,12,14H2,1H3,(H,24,29). The van der Waals surface area contributed by atoms with Gasteiger partial charge in [0.05, 0.1) is 31.9 Å². The molecular weight excluding hydrogens is 426 g/mol. The number of carbonyl (C=O) groups excluding carboxylic acids is 1. The zero-order valence-electron chi connectivity index (χ0n) is 17.8. The van der Waals surface area contributed by atoms with Gasteiger partial charge in [-0.25, -0.2) is 4.98 Å². The summed E-state index contributed by atoms with van der Waals surface area (Å²) in [6.45, 7) is 0.295. The first kappa shape index (κ1) is 21.8. The minimum atomic E-state index is -0.334. The second-order valence-corrected chi connectivity index (χ2v) is 6.90. The van der Waals surface area contributed by atoms with Gasteiger partial charge in [-0.2, -0.15) is 0 Å². The number of ether oxygens (including phenoxy) is 2. The predicted molar refractivity (Wildman–Crippen MR) is 119 cm³/mol. The number of nitrogens with zero attached hydrogens (tertiary/aromatic N) is 4. The maximum Gasteiger partial charge on any atom is 0.254 e. The number of furan rings is 1. The molecule has 1 N–H and O–H groups in total. The number of aromatic nitrogens is 4. The fourth-order valence-corrected chi connectivity index (χ4v) is 2.97. The number of methoxy groups -OCH3 is 1. The van der Waals surface area contributed by atoms with Gasteiger partial charge in [0.25, 0.3) is 5.56 Å². The lowest BCUT2D eigenvalue weighted by molar-refractivity contribution is -0.121. The van der Waals surface area contributed by atoms with Gasteiger partial charge >= 0.3 is 0 Å². The molecule has 0 bridgehead atoms. The van der Waals surface area contributed by atoms with Crippen LogP contribution in [0.15, 0.2) is 76.4 Å². The van der Waals surface area contributed by atoms with E-state index in [-0.39, 0.29) is 31.2 Å². The summed E-state index contributed by atoms with van der Waals surface area (Å²) in [5.41, 5.74) is 1.57. The van der Waals surface area contributed by atoms with Crippen molar-refractivity contribution in [2.45, 2.75) is 6.54 Å². The maximum absolute atomic E-state index is 12.4. The Kier molecular flexibility index (Phi) is 6.74. The van der Waals surface area contributed by atoms with Gasteiger partial charge in [-0.15, -0.1) is 10.2 Å². The minimum absolute atomic E-state index is 0.146. The molecule has 0 fully saturated rings. The zero-order chi connectivity index (χ0) is 23.0. The summed E-state index contributed by atoms with van der Waals surface area (Å²) in [5, 5.41) is 10.7. The van der Waals surface area contributed by atoms with Gasteiger partial charge in [-0.1, -0.05) is 0 Å². The first-order valence-electron chi connectivity index (χ1n) is 10.1. The van der Waals surface area contributed by atoms with Crippen LogP contribution in [0.4, 0.5) is 0 Å². The molecule has 4 aromatic rings. The average Bonchev–Trinajstić information content (AvgIpc) is 3.39. The molecule has 3 heterocycles. The van der Waals surface area contributed by atoms with Gasteiger partial charge in [0.15, 0.2) is 5.76 Å². The zero-order valence-corrected chi connectivity index (χ0v) is 17.8. The fraction of sp³-hybridized carbons (Fsp3) is 0.174. The molecule has 0 atom stereocenters. The molecule has 1 amide bonds. The highest BCUT2D eigenvalue weighted by Crippen LogP contribution is 2.19. The van der Waals surface area contributed by atoms with Gasteiger partial charge in [0.1, 0.15) is 24.6 Å². The summed E-state index contributed by atoms with van der Waals surface area (Å²) < 4.78 is 17.1. The van der Waals surface area contributed by atoms with Gasteiger partial charge < -0.3 is 19.2 Å². The summed E-state index contributed by atoms with van der Waals surface area (Å²) >= 11 is 0. The number of nitrogens with one attached hydrogen (secondary N) is 1. The molecular formula is C23H21N5O5. The first-order valence-corrected chi connectivity index (χ1v) is 10.1. The van der Waals surface area contributed by atoms with Crippen molar-refractivity contribution in [2.75, 3.05) is 20.3 Å². The molecule has 0 spiro atoms. The Labute approximate surface area is 188 Å². The monoisotopic (exact) mass is 447 g/mol. The van der Waals surface area contributed by atoms with Crippen molar-refractivity contribution in [2.24, 2.45) is 0 Å². The Morgan fingerprint density at radius 3 is 2.61 bits per heavy atom. The van der Waals surface area contributed by atoms with Gasteiger partial charge in [0.2, 0.25) is 11.8 Å². The largest absolute Gasteiger partial charge is 0.497 e. The fourth-order valence-electron chi connectivity index (χ4n) is 2.97. The number of hydrogen-bond donors (Lipinski definition) is 1. The quantitative estimate of drug-likeness (QED) is 0.388. The lowest BCUT2D eigenvalue weighted by atomic mass is 10.1. The molecule has 1 aromatic carbocycles. The molecule has 10 heteroatoms. The van der Waals surface area contributed by atoms with Crippen molar-refractivity contribution in [1.82, 2.24) is 25.1 Å². The number of benzene rings is 1. The van der Waals surface area contributed by atoms with Crippen molar-refractivity contribution in [3.8, 4) is 34.3 Å². The van der Waals surface area contributed by atoms with Crippen LogP contribution in [0, 0.1) is 0 Å². The van der Waals surface area contributed by atoms with Crippen LogP contribution < -0.4 is 20.3 Å². The topological polar surface area (TPSA) is 121 Å². The molecule has 0 saturated heterocycles. The highest BCUT2D eigenvalue weighted by molar-refractivity contribution is 5.75. The van der Waals surface area contributed by atoms with Crippen LogP contribution >= 0.6 is 0 Å². The minimum Gasteiger partial charge on any atom is -0.497 e. The van der Waals surface area contributed by atoms with Gasteiger partial charge in [-0.3, -0.25) is 14.2 Å². The molecule has 3 aromatic heterocycles. The summed E-state index contributed by atoms with van der Waals surface area (Å²) in [7, 11) is 1.58. The van der Waals surface area contributed by atoms with Crippen LogP contribution in [0.3, 0.4) is 0 Å². The molecule has 0 saturated carbocycles. The van der Waals surface area contributed by atoms with Crippen LogP contribution in [-0.2, 0) is 11.3 Å². The van der Waals surface area contributed by atoms with E-state index >= 15 is 0 Å². The summed E-state index contributed by atoms with van der Waals surface area (Å²) in [5.74, 6) is 1.32. The SMILES string of the molecule is COc1ccc(-c2cc(=O)n(CC(=O)NCCOc3ccc(-c4ccco4)nn3)cn2)cc1. The predicted octanol–water partition coefficient (Wildman–Crippen LogP) is 2.16. The summed E-state index contributed by atoms with van der Waals surface area (Å²) in [6, 6.07) is 15.5. The number of rotatable bonds is 9. The Balaban J connectivity index is 1.24. The second-order valence-electron chi connectivity index (χ2n) is 6.90. The lowest BCUT2D eigenvalue weighted by Crippen LogP contribution is -2.34. The first-order chi connectivity index (χ1) is 16.1. The van der Waals surface area contributed by atoms with E-state index in [1.54, 1.807) is 49.8 Å². The van der Waals surface area contributed by atoms with E-state index in [0.717, 1.165) is 5.56 Å². The maximum atomic E-state index is 12.4. The third kappa shape index (κ3) is 5.62. The van der Waals surface area contributed by atoms with E-state index < -0.39 is 0 Å². The molecule has 0 radical (unpaired) electrons. The van der Waals surface area contributed by atoms with Crippen LogP contribution in [0.25, 0.3) is 22.7 Å². The van der Waals surface area contributed by atoms with Crippen molar-refractivity contribution in [1.29, 1.82) is 0 Å². The van der Waals surface area contributed by atoms with Crippen molar-refractivity contribution < 1.29 is 18.7 Å².